The zero-order valence-corrected chi connectivity index (χ0v) is 41.4. The van der Waals surface area contributed by atoms with Crippen molar-refractivity contribution in [2.75, 3.05) is 0 Å². The lowest BCUT2D eigenvalue weighted by Gasteiger charge is -2.36. The van der Waals surface area contributed by atoms with E-state index >= 15 is 0 Å². The van der Waals surface area contributed by atoms with Gasteiger partial charge in [0.1, 0.15) is 0 Å². The van der Waals surface area contributed by atoms with E-state index in [4.69, 9.17) is 0 Å². The van der Waals surface area contributed by atoms with Crippen LogP contribution in [0.3, 0.4) is 0 Å². The van der Waals surface area contributed by atoms with Crippen LogP contribution in [0.15, 0.2) is 152 Å². The molecule has 0 atom stereocenters. The van der Waals surface area contributed by atoms with Gasteiger partial charge >= 0.3 is 6.85 Å². The second-order valence-corrected chi connectivity index (χ2v) is 23.9. The van der Waals surface area contributed by atoms with Crippen molar-refractivity contribution >= 4 is 61.4 Å². The van der Waals surface area contributed by atoms with Gasteiger partial charge in [0.15, 0.2) is 0 Å². The fraction of sp³-hybridized carbons (Fsp3) is 0.250. The van der Waals surface area contributed by atoms with Gasteiger partial charge in [0, 0.05) is 43.8 Å². The maximum Gasteiger partial charge on any atom is 0.333 e. The molecule has 3 heteroatoms. The minimum absolute atomic E-state index is 0.00513. The standard InChI is InChI=1S/C64H61BN2/c1-61(2,3)44-23-25-55-48(32-44)52-36-47(64(10,11)12)37-54-60(52)66(55)57-31-43(42-28-40(38-19-15-13-16-20-38)27-41(29-42)39-21-17-14-18-22-39)30-50-53-35-46(63(7,8)9)34-51-49-33-45(62(4,5)6)24-26-56(49)67(59(51)53)65(54)58(50)57/h13-37H,1-12H3. The molecule has 10 aromatic rings. The Kier molecular flexibility index (Phi) is 8.73. The minimum atomic E-state index is -0.0639. The van der Waals surface area contributed by atoms with E-state index in [1.807, 2.05) is 0 Å². The molecule has 4 heterocycles. The molecule has 12 rings (SSSR count). The molecule has 0 saturated heterocycles. The third kappa shape index (κ3) is 6.37. The van der Waals surface area contributed by atoms with Crippen molar-refractivity contribution in [3.05, 3.63) is 174 Å². The van der Waals surface area contributed by atoms with E-state index in [1.165, 1.54) is 127 Å². The molecule has 2 aliphatic rings. The molecule has 330 valence electrons. The number of hydrogen-bond donors (Lipinski definition) is 0. The quantitative estimate of drug-likeness (QED) is 0.157. The molecule has 0 N–H and O–H groups in total. The van der Waals surface area contributed by atoms with Crippen molar-refractivity contribution < 1.29 is 0 Å². The smallest absolute Gasteiger partial charge is 0.333 e. The summed E-state index contributed by atoms with van der Waals surface area (Å²) >= 11 is 0. The Morgan fingerprint density at radius 3 is 1.33 bits per heavy atom. The second kappa shape index (κ2) is 14.0. The Balaban J connectivity index is 1.28. The first kappa shape index (κ1) is 41.8. The first-order valence-electron chi connectivity index (χ1n) is 24.4. The van der Waals surface area contributed by atoms with Crippen molar-refractivity contribution in [3.8, 4) is 50.2 Å². The molecule has 0 fully saturated rings. The lowest BCUT2D eigenvalue weighted by Crippen LogP contribution is -2.55. The summed E-state index contributed by atoms with van der Waals surface area (Å²) in [6.45, 7) is 28.3. The molecule has 8 aromatic carbocycles. The van der Waals surface area contributed by atoms with Gasteiger partial charge in [0.05, 0.1) is 11.0 Å². The predicted octanol–water partition coefficient (Wildman–Crippen LogP) is 16.0. The molecular formula is C64H61BN2. The molecule has 0 radical (unpaired) electrons. The molecule has 2 aliphatic heterocycles. The minimum Gasteiger partial charge on any atom is -0.375 e. The van der Waals surface area contributed by atoms with E-state index < -0.39 is 0 Å². The molecular weight excluding hydrogens is 808 g/mol. The summed E-state index contributed by atoms with van der Waals surface area (Å²) in [5.41, 5.74) is 24.6. The SMILES string of the molecule is CC(C)(C)c1ccc2c(c1)c1cc(C(C)(C)C)cc3c1n2B1c2c-3cc(-c3cc(-c4ccccc4)cc(-c4ccccc4)c3)cc2-n2c3ccc(C(C)(C)C)cc3c3cc(C(C)(C)C)cc1c32. The maximum absolute atomic E-state index is 2.76. The van der Waals surface area contributed by atoms with Gasteiger partial charge in [0.25, 0.3) is 0 Å². The summed E-state index contributed by atoms with van der Waals surface area (Å²) in [6.07, 6.45) is 0. The number of aromatic nitrogens is 2. The molecule has 0 unspecified atom stereocenters. The van der Waals surface area contributed by atoms with Gasteiger partial charge in [-0.15, -0.1) is 0 Å². The zero-order valence-electron chi connectivity index (χ0n) is 41.4. The molecule has 2 aromatic heterocycles. The lowest BCUT2D eigenvalue weighted by molar-refractivity contribution is 0.590. The largest absolute Gasteiger partial charge is 0.375 e. The normalized spacial score (nSPS) is 13.6. The van der Waals surface area contributed by atoms with Crippen LogP contribution in [0.5, 0.6) is 0 Å². The van der Waals surface area contributed by atoms with Crippen LogP contribution in [0, 0.1) is 0 Å². The van der Waals surface area contributed by atoms with E-state index in [9.17, 15) is 0 Å². The van der Waals surface area contributed by atoms with E-state index in [2.05, 4.69) is 244 Å². The fourth-order valence-corrected chi connectivity index (χ4v) is 11.4. The summed E-state index contributed by atoms with van der Waals surface area (Å²) < 4.78 is 5.42. The summed E-state index contributed by atoms with van der Waals surface area (Å²) in [6, 6.07) is 59.0. The number of nitrogens with zero attached hydrogens (tertiary/aromatic N) is 2. The molecule has 0 amide bonds. The third-order valence-electron chi connectivity index (χ3n) is 15.2. The highest BCUT2D eigenvalue weighted by Crippen LogP contribution is 2.48. The lowest BCUT2D eigenvalue weighted by atomic mass is 9.45. The van der Waals surface area contributed by atoms with Crippen molar-refractivity contribution in [3.63, 3.8) is 0 Å². The highest BCUT2D eigenvalue weighted by atomic mass is 15.0. The van der Waals surface area contributed by atoms with Crippen molar-refractivity contribution in [2.45, 2.75) is 105 Å². The van der Waals surface area contributed by atoms with Crippen molar-refractivity contribution in [1.29, 1.82) is 0 Å². The van der Waals surface area contributed by atoms with Gasteiger partial charge in [0.2, 0.25) is 0 Å². The van der Waals surface area contributed by atoms with Crippen LogP contribution in [0.2, 0.25) is 0 Å². The molecule has 0 saturated carbocycles. The third-order valence-corrected chi connectivity index (χ3v) is 15.2. The summed E-state index contributed by atoms with van der Waals surface area (Å²) in [7, 11) is 0. The van der Waals surface area contributed by atoms with Crippen LogP contribution in [0.1, 0.15) is 105 Å². The van der Waals surface area contributed by atoms with E-state index in [1.54, 1.807) is 0 Å². The van der Waals surface area contributed by atoms with Gasteiger partial charge in [-0.3, -0.25) is 0 Å². The Bertz CT molecular complexity index is 3640. The average Bonchev–Trinajstić information content (AvgIpc) is 3.81. The number of rotatable bonds is 3. The monoisotopic (exact) mass is 868 g/mol. The molecule has 0 spiro atoms. The first-order chi connectivity index (χ1) is 31.7. The van der Waals surface area contributed by atoms with Crippen LogP contribution in [-0.4, -0.2) is 15.9 Å². The number of hydrogen-bond acceptors (Lipinski definition) is 0. The highest BCUT2D eigenvalue weighted by molar-refractivity contribution is 6.90. The van der Waals surface area contributed by atoms with E-state index in [0.717, 1.165) is 0 Å². The number of fused-ring (bicyclic) bond motifs is 10. The summed E-state index contributed by atoms with van der Waals surface area (Å²) in [5.74, 6) is 0. The van der Waals surface area contributed by atoms with Crippen LogP contribution in [-0.2, 0) is 21.7 Å². The van der Waals surface area contributed by atoms with Gasteiger partial charge in [-0.2, -0.15) is 0 Å². The molecule has 0 bridgehead atoms. The van der Waals surface area contributed by atoms with E-state index in [0.29, 0.717) is 0 Å². The first-order valence-corrected chi connectivity index (χ1v) is 24.4. The highest BCUT2D eigenvalue weighted by Gasteiger charge is 2.43. The van der Waals surface area contributed by atoms with Crippen LogP contribution < -0.4 is 10.9 Å². The Morgan fingerprint density at radius 1 is 0.343 bits per heavy atom. The van der Waals surface area contributed by atoms with E-state index in [-0.39, 0.29) is 28.5 Å². The molecule has 0 aliphatic carbocycles. The summed E-state index contributed by atoms with van der Waals surface area (Å²) in [4.78, 5) is 0. The van der Waals surface area contributed by atoms with Gasteiger partial charge in [-0.05, 0) is 167 Å². The fourth-order valence-electron chi connectivity index (χ4n) is 11.4. The molecule has 67 heavy (non-hydrogen) atoms. The maximum atomic E-state index is 2.76. The Labute approximate surface area is 397 Å². The Hall–Kier alpha value is -6.58. The predicted molar refractivity (Wildman–Crippen MR) is 291 cm³/mol. The molecule has 2 nitrogen and oxygen atoms in total. The van der Waals surface area contributed by atoms with Crippen molar-refractivity contribution in [2.24, 2.45) is 0 Å². The zero-order chi connectivity index (χ0) is 46.7. The van der Waals surface area contributed by atoms with Gasteiger partial charge < -0.3 is 9.05 Å². The van der Waals surface area contributed by atoms with Gasteiger partial charge in [-0.25, -0.2) is 0 Å². The topological polar surface area (TPSA) is 9.86 Å². The Morgan fingerprint density at radius 2 is 0.791 bits per heavy atom. The average molecular weight is 869 g/mol. The van der Waals surface area contributed by atoms with Crippen LogP contribution in [0.4, 0.5) is 0 Å². The summed E-state index contributed by atoms with van der Waals surface area (Å²) in [5, 5.41) is 5.37. The van der Waals surface area contributed by atoms with Gasteiger partial charge in [-0.1, -0.05) is 162 Å². The second-order valence-electron chi connectivity index (χ2n) is 23.9. The van der Waals surface area contributed by atoms with Crippen LogP contribution in [0.25, 0.3) is 93.8 Å². The van der Waals surface area contributed by atoms with Crippen LogP contribution >= 0.6 is 0 Å². The number of benzene rings is 8. The van der Waals surface area contributed by atoms with Crippen molar-refractivity contribution in [1.82, 2.24) is 9.05 Å².